The highest BCUT2D eigenvalue weighted by molar-refractivity contribution is 7.98. The van der Waals surface area contributed by atoms with Crippen LogP contribution in [0.15, 0.2) is 35.5 Å². The van der Waals surface area contributed by atoms with E-state index in [1.807, 2.05) is 18.2 Å². The number of rotatable bonds is 8. The lowest BCUT2D eigenvalue weighted by Gasteiger charge is -2.14. The number of amides is 1. The van der Waals surface area contributed by atoms with E-state index in [-0.39, 0.29) is 18.4 Å². The van der Waals surface area contributed by atoms with Crippen LogP contribution < -0.4 is 5.73 Å². The van der Waals surface area contributed by atoms with Gasteiger partial charge in [-0.1, -0.05) is 42.1 Å². The van der Waals surface area contributed by atoms with Crippen LogP contribution in [0.25, 0.3) is 0 Å². The van der Waals surface area contributed by atoms with Gasteiger partial charge >= 0.3 is 0 Å². The largest absolute Gasteiger partial charge is 0.376 e. The fourth-order valence-electron chi connectivity index (χ4n) is 2.74. The molecule has 0 aliphatic carbocycles. The van der Waals surface area contributed by atoms with Crippen molar-refractivity contribution in [2.24, 2.45) is 5.73 Å². The van der Waals surface area contributed by atoms with Crippen molar-refractivity contribution in [2.45, 2.75) is 49.2 Å². The van der Waals surface area contributed by atoms with Gasteiger partial charge in [0.05, 0.1) is 12.6 Å². The normalized spacial score (nSPS) is 17.2. The summed E-state index contributed by atoms with van der Waals surface area (Å²) in [4.78, 5) is 11.1. The average molecular weight is 346 g/mol. The molecule has 6 nitrogen and oxygen atoms in total. The van der Waals surface area contributed by atoms with E-state index >= 15 is 0 Å². The van der Waals surface area contributed by atoms with Gasteiger partial charge in [-0.2, -0.15) is 0 Å². The van der Waals surface area contributed by atoms with Crippen molar-refractivity contribution in [3.63, 3.8) is 0 Å². The number of carbonyl (C=O) groups excluding carboxylic acids is 1. The maximum atomic E-state index is 11.1. The lowest BCUT2D eigenvalue weighted by Crippen LogP contribution is -2.19. The highest BCUT2D eigenvalue weighted by Crippen LogP contribution is 2.24. The summed E-state index contributed by atoms with van der Waals surface area (Å²) >= 11 is 1.66. The number of benzene rings is 1. The molecule has 1 saturated heterocycles. The predicted molar refractivity (Wildman–Crippen MR) is 92.5 cm³/mol. The number of nitrogens with two attached hydrogens (primary N) is 1. The third-order valence-corrected chi connectivity index (χ3v) is 5.05. The Morgan fingerprint density at radius 1 is 1.33 bits per heavy atom. The second-order valence-corrected chi connectivity index (χ2v) is 6.83. The van der Waals surface area contributed by atoms with Gasteiger partial charge in [-0.25, -0.2) is 0 Å². The zero-order chi connectivity index (χ0) is 16.8. The maximum Gasteiger partial charge on any atom is 0.217 e. The first-order chi connectivity index (χ1) is 11.7. The molecule has 2 heterocycles. The van der Waals surface area contributed by atoms with Crippen molar-refractivity contribution in [3.05, 3.63) is 41.7 Å². The highest BCUT2D eigenvalue weighted by atomic mass is 32.2. The minimum absolute atomic E-state index is 0.199. The highest BCUT2D eigenvalue weighted by Gasteiger charge is 2.21. The first kappa shape index (κ1) is 17.0. The lowest BCUT2D eigenvalue weighted by atomic mass is 10.2. The fraction of sp³-hybridized carbons (Fsp3) is 0.471. The molecule has 0 bridgehead atoms. The van der Waals surface area contributed by atoms with E-state index in [1.165, 1.54) is 5.56 Å². The Morgan fingerprint density at radius 2 is 2.17 bits per heavy atom. The number of hydrogen-bond acceptors (Lipinski definition) is 5. The molecule has 0 saturated carbocycles. The molecule has 2 aromatic rings. The van der Waals surface area contributed by atoms with E-state index in [0.717, 1.165) is 42.7 Å². The van der Waals surface area contributed by atoms with Crippen LogP contribution in [0, 0.1) is 0 Å². The Balaban J connectivity index is 1.72. The SMILES string of the molecule is NC(=O)CCc1nnc(SCc2ccccc2)n1CC1CCCO1. The molecule has 1 aliphatic rings. The van der Waals surface area contributed by atoms with E-state index in [2.05, 4.69) is 26.9 Å². The minimum Gasteiger partial charge on any atom is -0.376 e. The Kier molecular flexibility index (Phi) is 5.87. The van der Waals surface area contributed by atoms with Gasteiger partial charge < -0.3 is 15.0 Å². The van der Waals surface area contributed by atoms with Crippen LogP contribution in [0.5, 0.6) is 0 Å². The molecule has 128 valence electrons. The van der Waals surface area contributed by atoms with Gasteiger partial charge in [0.1, 0.15) is 5.82 Å². The van der Waals surface area contributed by atoms with Gasteiger partial charge in [0.25, 0.3) is 0 Å². The van der Waals surface area contributed by atoms with Crippen LogP contribution in [0.1, 0.15) is 30.7 Å². The Morgan fingerprint density at radius 3 is 2.88 bits per heavy atom. The van der Waals surface area contributed by atoms with Gasteiger partial charge in [-0.3, -0.25) is 4.79 Å². The molecule has 0 radical (unpaired) electrons. The van der Waals surface area contributed by atoms with Gasteiger partial charge in [0.15, 0.2) is 5.16 Å². The molecule has 0 spiro atoms. The number of aromatic nitrogens is 3. The fourth-order valence-corrected chi connectivity index (χ4v) is 3.67. The van der Waals surface area contributed by atoms with Crippen molar-refractivity contribution in [3.8, 4) is 0 Å². The zero-order valence-electron chi connectivity index (χ0n) is 13.6. The van der Waals surface area contributed by atoms with E-state index < -0.39 is 0 Å². The van der Waals surface area contributed by atoms with Gasteiger partial charge in [-0.05, 0) is 18.4 Å². The lowest BCUT2D eigenvalue weighted by molar-refractivity contribution is -0.118. The number of aryl methyl sites for hydroxylation is 1. The van der Waals surface area contributed by atoms with Crippen LogP contribution in [0.3, 0.4) is 0 Å². The average Bonchev–Trinajstić information content (AvgIpc) is 3.23. The van der Waals surface area contributed by atoms with Crippen LogP contribution in [-0.2, 0) is 28.2 Å². The van der Waals surface area contributed by atoms with Crippen molar-refractivity contribution >= 4 is 17.7 Å². The number of primary amides is 1. The summed E-state index contributed by atoms with van der Waals surface area (Å²) in [5, 5.41) is 9.46. The Bertz CT molecular complexity index is 668. The van der Waals surface area contributed by atoms with Gasteiger partial charge in [0, 0.05) is 25.2 Å². The molecule has 1 amide bonds. The third-order valence-electron chi connectivity index (χ3n) is 4.01. The molecule has 1 fully saturated rings. The number of nitrogens with zero attached hydrogens (tertiary/aromatic N) is 3. The van der Waals surface area contributed by atoms with Crippen LogP contribution in [0.2, 0.25) is 0 Å². The summed E-state index contributed by atoms with van der Waals surface area (Å²) in [7, 11) is 0. The van der Waals surface area contributed by atoms with Crippen molar-refractivity contribution in [1.29, 1.82) is 0 Å². The van der Waals surface area contributed by atoms with Crippen molar-refractivity contribution in [1.82, 2.24) is 14.8 Å². The first-order valence-electron chi connectivity index (χ1n) is 8.21. The maximum absolute atomic E-state index is 11.1. The molecule has 1 unspecified atom stereocenters. The number of hydrogen-bond donors (Lipinski definition) is 1. The van der Waals surface area contributed by atoms with Crippen LogP contribution in [0.4, 0.5) is 0 Å². The summed E-state index contributed by atoms with van der Waals surface area (Å²) in [6, 6.07) is 10.3. The second kappa shape index (κ2) is 8.30. The summed E-state index contributed by atoms with van der Waals surface area (Å²) in [6.45, 7) is 1.55. The Labute approximate surface area is 145 Å². The van der Waals surface area contributed by atoms with E-state index in [0.29, 0.717) is 6.42 Å². The molecule has 1 aromatic carbocycles. The molecule has 1 aromatic heterocycles. The smallest absolute Gasteiger partial charge is 0.217 e. The zero-order valence-corrected chi connectivity index (χ0v) is 14.4. The molecule has 2 N–H and O–H groups in total. The molecule has 3 rings (SSSR count). The summed E-state index contributed by atoms with van der Waals surface area (Å²) < 4.78 is 7.84. The van der Waals surface area contributed by atoms with E-state index in [1.54, 1.807) is 11.8 Å². The third kappa shape index (κ3) is 4.58. The van der Waals surface area contributed by atoms with E-state index in [9.17, 15) is 4.79 Å². The molecule has 1 aliphatic heterocycles. The first-order valence-corrected chi connectivity index (χ1v) is 9.19. The summed E-state index contributed by atoms with van der Waals surface area (Å²) in [6.07, 6.45) is 3.14. The van der Waals surface area contributed by atoms with Crippen LogP contribution in [-0.4, -0.2) is 33.4 Å². The number of ether oxygens (including phenoxy) is 1. The Hall–Kier alpha value is -1.86. The quantitative estimate of drug-likeness (QED) is 0.741. The molecular formula is C17H22N4O2S. The minimum atomic E-state index is -0.319. The van der Waals surface area contributed by atoms with Crippen LogP contribution >= 0.6 is 11.8 Å². The van der Waals surface area contributed by atoms with Crippen molar-refractivity contribution in [2.75, 3.05) is 6.61 Å². The molecule has 1 atom stereocenters. The summed E-state index contributed by atoms with van der Waals surface area (Å²) in [5.74, 6) is 1.32. The molecule has 24 heavy (non-hydrogen) atoms. The van der Waals surface area contributed by atoms with E-state index in [4.69, 9.17) is 10.5 Å². The number of carbonyl (C=O) groups is 1. The van der Waals surface area contributed by atoms with Crippen molar-refractivity contribution < 1.29 is 9.53 Å². The topological polar surface area (TPSA) is 83.0 Å². The molecule has 7 heteroatoms. The van der Waals surface area contributed by atoms with Gasteiger partial charge in [-0.15, -0.1) is 10.2 Å². The molecular weight excluding hydrogens is 324 g/mol. The number of thioether (sulfide) groups is 1. The monoisotopic (exact) mass is 346 g/mol. The standard InChI is InChI=1S/C17H22N4O2S/c18-15(22)8-9-16-19-20-17(21(16)11-14-7-4-10-23-14)24-12-13-5-2-1-3-6-13/h1-3,5-6,14H,4,7-12H2,(H2,18,22). The predicted octanol–water partition coefficient (Wildman–Crippen LogP) is 2.17. The van der Waals surface area contributed by atoms with Gasteiger partial charge in [0.2, 0.25) is 5.91 Å². The summed E-state index contributed by atoms with van der Waals surface area (Å²) in [5.41, 5.74) is 6.51. The second-order valence-electron chi connectivity index (χ2n) is 5.89.